The van der Waals surface area contributed by atoms with Gasteiger partial charge in [0.2, 0.25) is 0 Å². The van der Waals surface area contributed by atoms with E-state index in [4.69, 9.17) is 9.47 Å². The second kappa shape index (κ2) is 5.38. The van der Waals surface area contributed by atoms with Crippen molar-refractivity contribution >= 4 is 6.29 Å². The van der Waals surface area contributed by atoms with Gasteiger partial charge in [0, 0.05) is 6.61 Å². The lowest BCUT2D eigenvalue weighted by Crippen LogP contribution is -2.20. The summed E-state index contributed by atoms with van der Waals surface area (Å²) in [6.45, 7) is 5.93. The molecule has 2 atom stereocenters. The highest BCUT2D eigenvalue weighted by molar-refractivity contribution is 5.55. The summed E-state index contributed by atoms with van der Waals surface area (Å²) in [6, 6.07) is 0. The van der Waals surface area contributed by atoms with Gasteiger partial charge in [-0.1, -0.05) is 0 Å². The molecule has 0 saturated carbocycles. The van der Waals surface area contributed by atoms with Gasteiger partial charge in [0.05, 0.1) is 0 Å². The molecule has 1 unspecified atom stereocenters. The predicted octanol–water partition coefficient (Wildman–Crippen LogP) is 0.973. The van der Waals surface area contributed by atoms with Crippen molar-refractivity contribution in [2.24, 2.45) is 0 Å². The molecule has 0 fully saturated rings. The minimum absolute atomic E-state index is 0.287. The number of carbonyl (C=O) groups excluding carboxylic acids is 1. The Hall–Kier alpha value is -0.410. The van der Waals surface area contributed by atoms with Gasteiger partial charge >= 0.3 is 0 Å². The van der Waals surface area contributed by atoms with Crippen molar-refractivity contribution in [2.75, 3.05) is 6.61 Å². The average molecular weight is 146 g/mol. The Balaban J connectivity index is 3.36. The molecule has 0 rings (SSSR count). The summed E-state index contributed by atoms with van der Waals surface area (Å²) in [5, 5.41) is 0. The number of aldehydes is 1. The highest BCUT2D eigenvalue weighted by Crippen LogP contribution is 1.96. The lowest BCUT2D eigenvalue weighted by Gasteiger charge is -2.14. The van der Waals surface area contributed by atoms with E-state index in [0.717, 1.165) is 6.29 Å². The van der Waals surface area contributed by atoms with Crippen LogP contribution in [0.1, 0.15) is 20.8 Å². The van der Waals surface area contributed by atoms with Crippen molar-refractivity contribution in [1.29, 1.82) is 0 Å². The van der Waals surface area contributed by atoms with E-state index in [1.165, 1.54) is 0 Å². The van der Waals surface area contributed by atoms with E-state index in [9.17, 15) is 4.79 Å². The van der Waals surface area contributed by atoms with Crippen LogP contribution in [0.2, 0.25) is 0 Å². The summed E-state index contributed by atoms with van der Waals surface area (Å²) in [5.41, 5.74) is 0. The average Bonchev–Trinajstić information content (AvgIpc) is 1.88. The summed E-state index contributed by atoms with van der Waals surface area (Å²) in [4.78, 5) is 10.1. The molecule has 0 saturated heterocycles. The van der Waals surface area contributed by atoms with Crippen LogP contribution in [0.5, 0.6) is 0 Å². The first kappa shape index (κ1) is 9.59. The molecule has 3 heteroatoms. The Kier molecular flexibility index (Phi) is 5.16. The molecule has 0 bridgehead atoms. The van der Waals surface area contributed by atoms with Crippen LogP contribution >= 0.6 is 0 Å². The Bertz CT molecular complexity index is 92.9. The SMILES string of the molecule is CCOC(C)O[C@H](C)C=O. The number of hydrogen-bond acceptors (Lipinski definition) is 3. The first-order valence-electron chi connectivity index (χ1n) is 3.43. The molecule has 0 aliphatic heterocycles. The van der Waals surface area contributed by atoms with E-state index in [0.29, 0.717) is 6.61 Å². The van der Waals surface area contributed by atoms with Gasteiger partial charge in [0.1, 0.15) is 12.4 Å². The zero-order chi connectivity index (χ0) is 7.98. The lowest BCUT2D eigenvalue weighted by molar-refractivity contribution is -0.158. The number of rotatable bonds is 5. The van der Waals surface area contributed by atoms with Crippen LogP contribution in [0.15, 0.2) is 0 Å². The normalized spacial score (nSPS) is 16.3. The molecule has 0 aromatic carbocycles. The molecular weight excluding hydrogens is 132 g/mol. The largest absolute Gasteiger partial charge is 0.353 e. The molecule has 10 heavy (non-hydrogen) atoms. The second-order valence-electron chi connectivity index (χ2n) is 2.00. The molecule has 0 spiro atoms. The van der Waals surface area contributed by atoms with Gasteiger partial charge in [-0.3, -0.25) is 0 Å². The Labute approximate surface area is 61.3 Å². The van der Waals surface area contributed by atoms with Crippen molar-refractivity contribution in [3.05, 3.63) is 0 Å². The monoisotopic (exact) mass is 146 g/mol. The van der Waals surface area contributed by atoms with Gasteiger partial charge in [-0.15, -0.1) is 0 Å². The molecule has 0 amide bonds. The zero-order valence-corrected chi connectivity index (χ0v) is 6.66. The number of hydrogen-bond donors (Lipinski definition) is 0. The molecule has 3 nitrogen and oxygen atoms in total. The minimum Gasteiger partial charge on any atom is -0.353 e. The van der Waals surface area contributed by atoms with E-state index in [1.807, 2.05) is 6.92 Å². The summed E-state index contributed by atoms with van der Waals surface area (Å²) in [7, 11) is 0. The smallest absolute Gasteiger partial charge is 0.155 e. The van der Waals surface area contributed by atoms with Crippen LogP contribution in [-0.2, 0) is 14.3 Å². The highest BCUT2D eigenvalue weighted by Gasteiger charge is 2.05. The molecular formula is C7H14O3. The van der Waals surface area contributed by atoms with Crippen molar-refractivity contribution in [2.45, 2.75) is 33.2 Å². The number of carbonyl (C=O) groups is 1. The second-order valence-corrected chi connectivity index (χ2v) is 2.00. The van der Waals surface area contributed by atoms with E-state index in [1.54, 1.807) is 13.8 Å². The maximum atomic E-state index is 10.1. The number of ether oxygens (including phenoxy) is 2. The third kappa shape index (κ3) is 4.47. The fourth-order valence-electron chi connectivity index (χ4n) is 0.608. The van der Waals surface area contributed by atoms with Gasteiger partial charge < -0.3 is 14.3 Å². The van der Waals surface area contributed by atoms with Gasteiger partial charge in [-0.05, 0) is 20.8 Å². The maximum Gasteiger partial charge on any atom is 0.155 e. The molecule has 0 aromatic heterocycles. The third-order valence-electron chi connectivity index (χ3n) is 0.999. The Morgan fingerprint density at radius 1 is 1.50 bits per heavy atom. The topological polar surface area (TPSA) is 35.5 Å². The van der Waals surface area contributed by atoms with Crippen LogP contribution in [0.25, 0.3) is 0 Å². The predicted molar refractivity (Wildman–Crippen MR) is 37.7 cm³/mol. The summed E-state index contributed by atoms with van der Waals surface area (Å²) >= 11 is 0. The summed E-state index contributed by atoms with van der Waals surface area (Å²) in [5.74, 6) is 0. The molecule has 0 aliphatic rings. The van der Waals surface area contributed by atoms with Crippen LogP contribution in [0.4, 0.5) is 0 Å². The van der Waals surface area contributed by atoms with Crippen molar-refractivity contribution in [1.82, 2.24) is 0 Å². The van der Waals surface area contributed by atoms with E-state index in [-0.39, 0.29) is 12.4 Å². The van der Waals surface area contributed by atoms with Crippen molar-refractivity contribution in [3.8, 4) is 0 Å². The molecule has 0 heterocycles. The van der Waals surface area contributed by atoms with Gasteiger partial charge in [-0.25, -0.2) is 0 Å². The highest BCUT2D eigenvalue weighted by atomic mass is 16.7. The molecule has 0 aromatic rings. The zero-order valence-electron chi connectivity index (χ0n) is 6.66. The van der Waals surface area contributed by atoms with Crippen LogP contribution in [0, 0.1) is 0 Å². The Morgan fingerprint density at radius 2 is 2.10 bits per heavy atom. The maximum absolute atomic E-state index is 10.1. The Morgan fingerprint density at radius 3 is 2.50 bits per heavy atom. The molecule has 0 N–H and O–H groups in total. The van der Waals surface area contributed by atoms with E-state index in [2.05, 4.69) is 0 Å². The van der Waals surface area contributed by atoms with Gasteiger partial charge in [0.25, 0.3) is 0 Å². The van der Waals surface area contributed by atoms with E-state index < -0.39 is 0 Å². The molecule has 60 valence electrons. The quantitative estimate of drug-likeness (QED) is 0.428. The first-order valence-corrected chi connectivity index (χ1v) is 3.43. The van der Waals surface area contributed by atoms with Crippen molar-refractivity contribution in [3.63, 3.8) is 0 Å². The summed E-state index contributed by atoms with van der Waals surface area (Å²) in [6.07, 6.45) is 0.0851. The van der Waals surface area contributed by atoms with Crippen LogP contribution in [0.3, 0.4) is 0 Å². The molecule has 0 aliphatic carbocycles. The third-order valence-corrected chi connectivity index (χ3v) is 0.999. The molecule has 0 radical (unpaired) electrons. The lowest BCUT2D eigenvalue weighted by atomic mass is 10.4. The van der Waals surface area contributed by atoms with Crippen molar-refractivity contribution < 1.29 is 14.3 Å². The minimum atomic E-state index is -0.374. The first-order chi connectivity index (χ1) is 4.70. The fraction of sp³-hybridized carbons (Fsp3) is 0.857. The van der Waals surface area contributed by atoms with Gasteiger partial charge in [-0.2, -0.15) is 0 Å². The summed E-state index contributed by atoms with van der Waals surface area (Å²) < 4.78 is 10.1. The standard InChI is InChI=1S/C7H14O3/c1-4-9-7(3)10-6(2)5-8/h5-7H,4H2,1-3H3/t6-,7?/m1/s1. The van der Waals surface area contributed by atoms with E-state index >= 15 is 0 Å². The fourth-order valence-corrected chi connectivity index (χ4v) is 0.608. The van der Waals surface area contributed by atoms with Crippen LogP contribution < -0.4 is 0 Å². The van der Waals surface area contributed by atoms with Crippen LogP contribution in [-0.4, -0.2) is 25.3 Å². The van der Waals surface area contributed by atoms with Gasteiger partial charge in [0.15, 0.2) is 6.29 Å².